The molecule has 2 rings (SSSR count). The van der Waals surface area contributed by atoms with Gasteiger partial charge in [-0.3, -0.25) is 0 Å². The first-order valence-electron chi connectivity index (χ1n) is 8.34. The maximum Gasteiger partial charge on any atom is 0.0981 e. The van der Waals surface area contributed by atoms with E-state index in [1.54, 1.807) is 0 Å². The standard InChI is InChI=1S/C18H29NO2/c1-3-12-19-17(16-11-8-13-20-14-16)18(21-4-2)15-9-6-5-7-10-15/h5-7,9-10,16-19H,3-4,8,11-14H2,1-2H3. The van der Waals surface area contributed by atoms with Crippen molar-refractivity contribution in [1.82, 2.24) is 5.32 Å². The Morgan fingerprint density at radius 1 is 1.29 bits per heavy atom. The minimum Gasteiger partial charge on any atom is -0.381 e. The second kappa shape index (κ2) is 9.19. The molecule has 1 heterocycles. The van der Waals surface area contributed by atoms with Gasteiger partial charge in [0.05, 0.1) is 12.7 Å². The fourth-order valence-electron chi connectivity index (χ4n) is 3.11. The second-order valence-corrected chi connectivity index (χ2v) is 5.74. The molecule has 0 aromatic heterocycles. The third-order valence-electron chi connectivity index (χ3n) is 4.13. The van der Waals surface area contributed by atoms with Gasteiger partial charge in [-0.15, -0.1) is 0 Å². The van der Waals surface area contributed by atoms with Crippen molar-refractivity contribution in [3.63, 3.8) is 0 Å². The molecule has 1 saturated heterocycles. The fourth-order valence-corrected chi connectivity index (χ4v) is 3.11. The van der Waals surface area contributed by atoms with Crippen LogP contribution in [0, 0.1) is 5.92 Å². The van der Waals surface area contributed by atoms with Gasteiger partial charge in [0.25, 0.3) is 0 Å². The number of rotatable bonds is 8. The summed E-state index contributed by atoms with van der Waals surface area (Å²) in [4.78, 5) is 0. The van der Waals surface area contributed by atoms with E-state index in [1.807, 2.05) is 0 Å². The molecule has 0 bridgehead atoms. The van der Waals surface area contributed by atoms with Gasteiger partial charge in [0.1, 0.15) is 0 Å². The molecule has 1 aromatic carbocycles. The Morgan fingerprint density at radius 2 is 2.10 bits per heavy atom. The van der Waals surface area contributed by atoms with Crippen LogP contribution in [-0.2, 0) is 9.47 Å². The molecular weight excluding hydrogens is 262 g/mol. The molecule has 3 heteroatoms. The van der Waals surface area contributed by atoms with Gasteiger partial charge in [0, 0.05) is 25.2 Å². The molecule has 3 unspecified atom stereocenters. The summed E-state index contributed by atoms with van der Waals surface area (Å²) < 4.78 is 11.8. The van der Waals surface area contributed by atoms with Crippen LogP contribution in [0.15, 0.2) is 30.3 Å². The first-order valence-corrected chi connectivity index (χ1v) is 8.34. The molecule has 0 saturated carbocycles. The molecule has 1 aliphatic rings. The highest BCUT2D eigenvalue weighted by Gasteiger charge is 2.32. The van der Waals surface area contributed by atoms with Crippen LogP contribution in [0.1, 0.15) is 44.8 Å². The van der Waals surface area contributed by atoms with Crippen molar-refractivity contribution in [3.05, 3.63) is 35.9 Å². The highest BCUT2D eigenvalue weighted by Crippen LogP contribution is 2.30. The first-order chi connectivity index (χ1) is 10.4. The molecule has 118 valence electrons. The lowest BCUT2D eigenvalue weighted by Gasteiger charge is -2.36. The monoisotopic (exact) mass is 291 g/mol. The molecule has 1 fully saturated rings. The zero-order chi connectivity index (χ0) is 14.9. The molecule has 0 radical (unpaired) electrons. The highest BCUT2D eigenvalue weighted by atomic mass is 16.5. The summed E-state index contributed by atoms with van der Waals surface area (Å²) in [6.07, 6.45) is 3.62. The third kappa shape index (κ3) is 4.80. The quantitative estimate of drug-likeness (QED) is 0.794. The maximum atomic E-state index is 6.12. The lowest BCUT2D eigenvalue weighted by atomic mass is 9.87. The topological polar surface area (TPSA) is 30.5 Å². The predicted molar refractivity (Wildman–Crippen MR) is 86.4 cm³/mol. The summed E-state index contributed by atoms with van der Waals surface area (Å²) >= 11 is 0. The smallest absolute Gasteiger partial charge is 0.0981 e. The van der Waals surface area contributed by atoms with Gasteiger partial charge in [-0.1, -0.05) is 37.3 Å². The van der Waals surface area contributed by atoms with E-state index in [2.05, 4.69) is 49.5 Å². The summed E-state index contributed by atoms with van der Waals surface area (Å²) in [6, 6.07) is 10.9. The summed E-state index contributed by atoms with van der Waals surface area (Å²) in [6.45, 7) is 7.79. The van der Waals surface area contributed by atoms with Crippen molar-refractivity contribution in [2.24, 2.45) is 5.92 Å². The van der Waals surface area contributed by atoms with E-state index in [0.29, 0.717) is 12.0 Å². The van der Waals surface area contributed by atoms with Gasteiger partial charge in [-0.05, 0) is 38.3 Å². The average molecular weight is 291 g/mol. The van der Waals surface area contributed by atoms with Crippen molar-refractivity contribution in [1.29, 1.82) is 0 Å². The largest absolute Gasteiger partial charge is 0.381 e. The summed E-state index contributed by atoms with van der Waals surface area (Å²) in [5, 5.41) is 3.72. The van der Waals surface area contributed by atoms with E-state index in [1.165, 1.54) is 12.0 Å². The van der Waals surface area contributed by atoms with Crippen molar-refractivity contribution in [3.8, 4) is 0 Å². The Labute approximate surface area is 129 Å². The van der Waals surface area contributed by atoms with E-state index >= 15 is 0 Å². The van der Waals surface area contributed by atoms with Gasteiger partial charge in [0.15, 0.2) is 0 Å². The normalized spacial score (nSPS) is 21.9. The van der Waals surface area contributed by atoms with Crippen LogP contribution < -0.4 is 5.32 Å². The number of nitrogens with one attached hydrogen (secondary N) is 1. The van der Waals surface area contributed by atoms with Crippen LogP contribution in [0.3, 0.4) is 0 Å². The Kier molecular flexibility index (Phi) is 7.20. The number of hydrogen-bond donors (Lipinski definition) is 1. The van der Waals surface area contributed by atoms with Crippen molar-refractivity contribution in [2.75, 3.05) is 26.4 Å². The van der Waals surface area contributed by atoms with Crippen LogP contribution in [0.5, 0.6) is 0 Å². The predicted octanol–water partition coefficient (Wildman–Crippen LogP) is 3.56. The molecule has 0 spiro atoms. The fraction of sp³-hybridized carbons (Fsp3) is 0.667. The van der Waals surface area contributed by atoms with Crippen molar-refractivity contribution in [2.45, 2.75) is 45.3 Å². The Hall–Kier alpha value is -0.900. The molecular formula is C18H29NO2. The van der Waals surface area contributed by atoms with Crippen LogP contribution in [0.4, 0.5) is 0 Å². The highest BCUT2D eigenvalue weighted by molar-refractivity contribution is 5.19. The number of benzene rings is 1. The minimum absolute atomic E-state index is 0.106. The van der Waals surface area contributed by atoms with E-state index in [9.17, 15) is 0 Å². The molecule has 0 aliphatic carbocycles. The summed E-state index contributed by atoms with van der Waals surface area (Å²) in [5.41, 5.74) is 1.26. The average Bonchev–Trinajstić information content (AvgIpc) is 2.56. The first kappa shape index (κ1) is 16.5. The molecule has 1 aliphatic heterocycles. The Morgan fingerprint density at radius 3 is 2.71 bits per heavy atom. The van der Waals surface area contributed by atoms with Gasteiger partial charge in [-0.2, -0.15) is 0 Å². The van der Waals surface area contributed by atoms with E-state index in [0.717, 1.165) is 39.2 Å². The van der Waals surface area contributed by atoms with Gasteiger partial charge < -0.3 is 14.8 Å². The Balaban J connectivity index is 2.16. The van der Waals surface area contributed by atoms with Crippen LogP contribution in [-0.4, -0.2) is 32.4 Å². The van der Waals surface area contributed by atoms with Crippen LogP contribution in [0.2, 0.25) is 0 Å². The summed E-state index contributed by atoms with van der Waals surface area (Å²) in [7, 11) is 0. The van der Waals surface area contributed by atoms with Gasteiger partial charge >= 0.3 is 0 Å². The molecule has 3 atom stereocenters. The number of hydrogen-bond acceptors (Lipinski definition) is 3. The molecule has 21 heavy (non-hydrogen) atoms. The molecule has 1 N–H and O–H groups in total. The second-order valence-electron chi connectivity index (χ2n) is 5.74. The number of ether oxygens (including phenoxy) is 2. The SMILES string of the molecule is CCCNC(C1CCCOC1)C(OCC)c1ccccc1. The van der Waals surface area contributed by atoms with Crippen LogP contribution >= 0.6 is 0 Å². The molecule has 1 aromatic rings. The zero-order valence-electron chi connectivity index (χ0n) is 13.4. The lowest BCUT2D eigenvalue weighted by Crippen LogP contribution is -2.45. The Bertz CT molecular complexity index is 376. The van der Waals surface area contributed by atoms with E-state index < -0.39 is 0 Å². The van der Waals surface area contributed by atoms with Crippen LogP contribution in [0.25, 0.3) is 0 Å². The third-order valence-corrected chi connectivity index (χ3v) is 4.13. The molecule has 0 amide bonds. The lowest BCUT2D eigenvalue weighted by molar-refractivity contribution is -0.0243. The minimum atomic E-state index is 0.106. The van der Waals surface area contributed by atoms with Crippen molar-refractivity contribution < 1.29 is 9.47 Å². The van der Waals surface area contributed by atoms with Gasteiger partial charge in [-0.25, -0.2) is 0 Å². The molecule has 3 nitrogen and oxygen atoms in total. The maximum absolute atomic E-state index is 6.12. The summed E-state index contributed by atoms with van der Waals surface area (Å²) in [5.74, 6) is 0.530. The zero-order valence-corrected chi connectivity index (χ0v) is 13.4. The van der Waals surface area contributed by atoms with E-state index in [-0.39, 0.29) is 6.10 Å². The van der Waals surface area contributed by atoms with Gasteiger partial charge in [0.2, 0.25) is 0 Å². The van der Waals surface area contributed by atoms with E-state index in [4.69, 9.17) is 9.47 Å². The van der Waals surface area contributed by atoms with Crippen molar-refractivity contribution >= 4 is 0 Å².